The van der Waals surface area contributed by atoms with Gasteiger partial charge in [0.05, 0.1) is 17.4 Å². The van der Waals surface area contributed by atoms with Gasteiger partial charge in [0, 0.05) is 29.8 Å². The number of halogens is 1. The maximum atomic E-state index is 14.8. The smallest absolute Gasteiger partial charge is 0.231 e. The fraction of sp³-hybridized carbons (Fsp3) is 0.120. The van der Waals surface area contributed by atoms with Crippen molar-refractivity contribution in [3.63, 3.8) is 0 Å². The minimum atomic E-state index is -0.299. The molecule has 0 amide bonds. The quantitative estimate of drug-likeness (QED) is 0.438. The number of para-hydroxylation sites is 1. The predicted molar refractivity (Wildman–Crippen MR) is 126 cm³/mol. The molecule has 4 aromatic rings. The molecule has 1 fully saturated rings. The second kappa shape index (κ2) is 7.90. The van der Waals surface area contributed by atoms with E-state index < -0.39 is 0 Å². The summed E-state index contributed by atoms with van der Waals surface area (Å²) in [4.78, 5) is 6.62. The number of hydrogen-bond donors (Lipinski definition) is 1. The van der Waals surface area contributed by atoms with E-state index in [2.05, 4.69) is 10.3 Å². The topological polar surface area (TPSA) is 51.6 Å². The number of ether oxygens (including phenoxy) is 2. The van der Waals surface area contributed by atoms with Gasteiger partial charge in [-0.3, -0.25) is 4.98 Å². The van der Waals surface area contributed by atoms with Crippen molar-refractivity contribution in [2.75, 3.05) is 11.7 Å². The third-order valence-corrected chi connectivity index (χ3v) is 6.24. The lowest BCUT2D eigenvalue weighted by atomic mass is 10.0. The SMILES string of the molecule is Fc1ccccc1-n1cccc1[C@@H]1[C@H](c2ccccn2)NC(=S)N1c1ccc2c(c1)OCO2. The number of nitrogens with one attached hydrogen (secondary N) is 1. The van der Waals surface area contributed by atoms with Crippen LogP contribution in [0.25, 0.3) is 5.69 Å². The van der Waals surface area contributed by atoms with Gasteiger partial charge in [-0.2, -0.15) is 0 Å². The van der Waals surface area contributed by atoms with Crippen LogP contribution in [-0.2, 0) is 0 Å². The summed E-state index contributed by atoms with van der Waals surface area (Å²) in [5.74, 6) is 1.07. The molecule has 2 aromatic heterocycles. The van der Waals surface area contributed by atoms with Gasteiger partial charge in [0.2, 0.25) is 6.79 Å². The van der Waals surface area contributed by atoms with Crippen LogP contribution in [0.5, 0.6) is 11.5 Å². The zero-order valence-electron chi connectivity index (χ0n) is 17.4. The van der Waals surface area contributed by atoms with E-state index in [-0.39, 0.29) is 24.7 Å². The van der Waals surface area contributed by atoms with E-state index in [0.29, 0.717) is 22.3 Å². The van der Waals surface area contributed by atoms with E-state index in [4.69, 9.17) is 21.7 Å². The molecule has 1 saturated heterocycles. The summed E-state index contributed by atoms with van der Waals surface area (Å²) in [6, 6.07) is 21.6. The summed E-state index contributed by atoms with van der Waals surface area (Å²) < 4.78 is 27.7. The Hall–Kier alpha value is -3.91. The van der Waals surface area contributed by atoms with Gasteiger partial charge in [-0.25, -0.2) is 4.39 Å². The number of pyridine rings is 1. The highest BCUT2D eigenvalue weighted by molar-refractivity contribution is 7.80. The van der Waals surface area contributed by atoms with Gasteiger partial charge >= 0.3 is 0 Å². The fourth-order valence-electron chi connectivity index (χ4n) is 4.47. The summed E-state index contributed by atoms with van der Waals surface area (Å²) in [5, 5.41) is 3.99. The van der Waals surface area contributed by atoms with Crippen LogP contribution in [0.2, 0.25) is 0 Å². The zero-order valence-corrected chi connectivity index (χ0v) is 18.2. The van der Waals surface area contributed by atoms with Crippen molar-refractivity contribution in [3.8, 4) is 17.2 Å². The van der Waals surface area contributed by atoms with Crippen LogP contribution in [0.1, 0.15) is 23.5 Å². The predicted octanol–water partition coefficient (Wildman–Crippen LogP) is 4.92. The van der Waals surface area contributed by atoms with E-state index in [1.165, 1.54) is 6.07 Å². The molecule has 33 heavy (non-hydrogen) atoms. The molecule has 2 aliphatic heterocycles. The Kier molecular flexibility index (Phi) is 4.73. The molecule has 0 saturated carbocycles. The van der Waals surface area contributed by atoms with E-state index in [1.54, 1.807) is 18.3 Å². The van der Waals surface area contributed by atoms with Gasteiger partial charge in [-0.15, -0.1) is 0 Å². The molecule has 1 N–H and O–H groups in total. The average Bonchev–Trinajstić information content (AvgIpc) is 3.57. The Morgan fingerprint density at radius 2 is 1.82 bits per heavy atom. The second-order valence-electron chi connectivity index (χ2n) is 7.79. The first-order valence-corrected chi connectivity index (χ1v) is 10.9. The second-order valence-corrected chi connectivity index (χ2v) is 8.18. The minimum Gasteiger partial charge on any atom is -0.454 e. The molecule has 6 nitrogen and oxygen atoms in total. The third-order valence-electron chi connectivity index (χ3n) is 5.93. The molecule has 4 heterocycles. The van der Waals surface area contributed by atoms with Crippen molar-refractivity contribution in [2.24, 2.45) is 0 Å². The van der Waals surface area contributed by atoms with Crippen LogP contribution in [0, 0.1) is 5.82 Å². The Labute approximate surface area is 195 Å². The number of fused-ring (bicyclic) bond motifs is 1. The summed E-state index contributed by atoms with van der Waals surface area (Å²) in [6.07, 6.45) is 3.62. The standard InChI is InChI=1S/C25H19FN4O2S/c26-17-6-1-2-8-19(17)29-13-5-9-20(29)24-23(18-7-3-4-12-27-18)28-25(33)30(24)16-10-11-21-22(14-16)32-15-31-21/h1-14,23-24H,15H2,(H,28,33)/t23-,24+/m0/s1. The summed E-state index contributed by atoms with van der Waals surface area (Å²) in [6.45, 7) is 0.192. The van der Waals surface area contributed by atoms with Crippen LogP contribution < -0.4 is 19.7 Å². The molecular weight excluding hydrogens is 439 g/mol. The van der Waals surface area contributed by atoms with E-state index in [9.17, 15) is 4.39 Å². The lowest BCUT2D eigenvalue weighted by molar-refractivity contribution is 0.174. The minimum absolute atomic E-state index is 0.192. The molecule has 164 valence electrons. The zero-order chi connectivity index (χ0) is 22.4. The molecule has 0 unspecified atom stereocenters. The number of rotatable bonds is 4. The molecular formula is C25H19FN4O2S. The first kappa shape index (κ1) is 19.8. The van der Waals surface area contributed by atoms with Crippen molar-refractivity contribution >= 4 is 23.0 Å². The van der Waals surface area contributed by atoms with Gasteiger partial charge in [0.25, 0.3) is 0 Å². The third kappa shape index (κ3) is 3.30. The van der Waals surface area contributed by atoms with Crippen molar-refractivity contribution < 1.29 is 13.9 Å². The lowest BCUT2D eigenvalue weighted by Gasteiger charge is -2.29. The van der Waals surface area contributed by atoms with Crippen molar-refractivity contribution in [3.05, 3.63) is 102 Å². The lowest BCUT2D eigenvalue weighted by Crippen LogP contribution is -2.30. The van der Waals surface area contributed by atoms with Crippen LogP contribution in [0.4, 0.5) is 10.1 Å². The van der Waals surface area contributed by atoms with E-state index in [0.717, 1.165) is 17.1 Å². The number of anilines is 1. The normalized spacial score (nSPS) is 19.1. The molecule has 2 aliphatic rings. The van der Waals surface area contributed by atoms with Crippen LogP contribution >= 0.6 is 12.2 Å². The molecule has 0 bridgehead atoms. The molecule has 0 aliphatic carbocycles. The number of nitrogens with zero attached hydrogens (tertiary/aromatic N) is 3. The highest BCUT2D eigenvalue weighted by Crippen LogP contribution is 2.45. The average molecular weight is 459 g/mol. The van der Waals surface area contributed by atoms with Gasteiger partial charge < -0.3 is 24.3 Å². The molecule has 0 radical (unpaired) electrons. The molecule has 2 atom stereocenters. The number of benzene rings is 2. The summed E-state index contributed by atoms with van der Waals surface area (Å²) in [5.41, 5.74) is 3.04. The maximum absolute atomic E-state index is 14.8. The fourth-order valence-corrected chi connectivity index (χ4v) is 4.82. The van der Waals surface area contributed by atoms with Gasteiger partial charge in [0.1, 0.15) is 11.9 Å². The Morgan fingerprint density at radius 1 is 0.970 bits per heavy atom. The largest absolute Gasteiger partial charge is 0.454 e. The highest BCUT2D eigenvalue weighted by atomic mass is 32.1. The molecule has 0 spiro atoms. The Bertz CT molecular complexity index is 1340. The van der Waals surface area contributed by atoms with Crippen molar-refractivity contribution in [2.45, 2.75) is 12.1 Å². The molecule has 8 heteroatoms. The number of thiocarbonyl (C=S) groups is 1. The monoisotopic (exact) mass is 458 g/mol. The van der Waals surface area contributed by atoms with Gasteiger partial charge in [-0.05, 0) is 60.7 Å². The van der Waals surface area contributed by atoms with E-state index in [1.807, 2.05) is 70.3 Å². The van der Waals surface area contributed by atoms with Crippen molar-refractivity contribution in [1.82, 2.24) is 14.9 Å². The van der Waals surface area contributed by atoms with Crippen LogP contribution in [-0.4, -0.2) is 21.5 Å². The Balaban J connectivity index is 1.52. The maximum Gasteiger partial charge on any atom is 0.231 e. The van der Waals surface area contributed by atoms with E-state index >= 15 is 0 Å². The van der Waals surface area contributed by atoms with Crippen LogP contribution in [0.15, 0.2) is 85.2 Å². The first-order chi connectivity index (χ1) is 16.2. The van der Waals surface area contributed by atoms with Gasteiger partial charge in [-0.1, -0.05) is 18.2 Å². The highest BCUT2D eigenvalue weighted by Gasteiger charge is 2.42. The number of hydrogen-bond acceptors (Lipinski definition) is 4. The summed E-state index contributed by atoms with van der Waals surface area (Å²) >= 11 is 5.80. The number of aromatic nitrogens is 2. The van der Waals surface area contributed by atoms with Crippen LogP contribution in [0.3, 0.4) is 0 Å². The van der Waals surface area contributed by atoms with Crippen molar-refractivity contribution in [1.29, 1.82) is 0 Å². The summed E-state index contributed by atoms with van der Waals surface area (Å²) in [7, 11) is 0. The first-order valence-electron chi connectivity index (χ1n) is 10.5. The molecule has 6 rings (SSSR count). The molecule has 2 aromatic carbocycles. The Morgan fingerprint density at radius 3 is 2.67 bits per heavy atom. The van der Waals surface area contributed by atoms with Gasteiger partial charge in [0.15, 0.2) is 16.6 Å².